The Balaban J connectivity index is 1.62. The Labute approximate surface area is 141 Å². The van der Waals surface area contributed by atoms with Crippen LogP contribution in [0, 0.1) is 0 Å². The molecule has 1 saturated heterocycles. The quantitative estimate of drug-likeness (QED) is 0.808. The highest BCUT2D eigenvalue weighted by Crippen LogP contribution is 2.26. The molecule has 0 amide bonds. The minimum Gasteiger partial charge on any atom is -0.497 e. The number of rotatable bonds is 7. The van der Waals surface area contributed by atoms with Crippen molar-refractivity contribution in [3.63, 3.8) is 0 Å². The van der Waals surface area contributed by atoms with Gasteiger partial charge in [0.05, 0.1) is 31.6 Å². The third-order valence-electron chi connectivity index (χ3n) is 4.26. The molecule has 1 aromatic heterocycles. The van der Waals surface area contributed by atoms with Gasteiger partial charge in [-0.15, -0.1) is 0 Å². The largest absolute Gasteiger partial charge is 0.497 e. The molecule has 6 nitrogen and oxygen atoms in total. The standard InChI is InChI=1S/C18H24N2O4/c1-17(2,21)16-8-14(20-24-16)9-18(11-23-12-18)19-10-13-4-6-15(22-3)7-5-13/h4-8,19,21H,9-12H2,1-3H3. The highest BCUT2D eigenvalue weighted by Gasteiger charge is 2.39. The fourth-order valence-corrected chi connectivity index (χ4v) is 2.68. The summed E-state index contributed by atoms with van der Waals surface area (Å²) in [6.45, 7) is 5.37. The third-order valence-corrected chi connectivity index (χ3v) is 4.26. The molecule has 1 aliphatic rings. The Bertz CT molecular complexity index is 669. The first-order valence-corrected chi connectivity index (χ1v) is 8.04. The lowest BCUT2D eigenvalue weighted by Crippen LogP contribution is -2.61. The Hall–Kier alpha value is -1.89. The van der Waals surface area contributed by atoms with Crippen molar-refractivity contribution in [3.05, 3.63) is 47.3 Å². The van der Waals surface area contributed by atoms with E-state index in [2.05, 4.69) is 10.5 Å². The summed E-state index contributed by atoms with van der Waals surface area (Å²) in [6, 6.07) is 9.81. The molecule has 3 rings (SSSR count). The first-order valence-electron chi connectivity index (χ1n) is 8.04. The molecule has 2 aromatic rings. The highest BCUT2D eigenvalue weighted by molar-refractivity contribution is 5.27. The lowest BCUT2D eigenvalue weighted by molar-refractivity contribution is -0.0755. The minimum absolute atomic E-state index is 0.145. The predicted octanol–water partition coefficient (Wildman–Crippen LogP) is 2.01. The van der Waals surface area contributed by atoms with E-state index < -0.39 is 5.60 Å². The number of hydrogen-bond acceptors (Lipinski definition) is 6. The average molecular weight is 332 g/mol. The van der Waals surface area contributed by atoms with E-state index >= 15 is 0 Å². The van der Waals surface area contributed by atoms with Gasteiger partial charge in [-0.1, -0.05) is 17.3 Å². The van der Waals surface area contributed by atoms with Gasteiger partial charge in [-0.2, -0.15) is 0 Å². The molecule has 0 radical (unpaired) electrons. The number of benzene rings is 1. The van der Waals surface area contributed by atoms with Crippen LogP contribution in [0.15, 0.2) is 34.9 Å². The molecule has 1 aromatic carbocycles. The summed E-state index contributed by atoms with van der Waals surface area (Å²) in [4.78, 5) is 0. The first-order chi connectivity index (χ1) is 11.4. The molecule has 0 unspecified atom stereocenters. The summed E-state index contributed by atoms with van der Waals surface area (Å²) in [5.74, 6) is 1.32. The maximum Gasteiger partial charge on any atom is 0.167 e. The van der Waals surface area contributed by atoms with Crippen molar-refractivity contribution in [3.8, 4) is 5.75 Å². The zero-order valence-electron chi connectivity index (χ0n) is 14.3. The molecular weight excluding hydrogens is 308 g/mol. The van der Waals surface area contributed by atoms with Crippen molar-refractivity contribution >= 4 is 0 Å². The van der Waals surface area contributed by atoms with Gasteiger partial charge < -0.3 is 24.4 Å². The Kier molecular flexibility index (Phi) is 4.62. The topological polar surface area (TPSA) is 76.8 Å². The molecule has 1 aliphatic heterocycles. The van der Waals surface area contributed by atoms with Gasteiger partial charge in [0.25, 0.3) is 0 Å². The molecule has 0 bridgehead atoms. The van der Waals surface area contributed by atoms with E-state index in [0.29, 0.717) is 25.4 Å². The summed E-state index contributed by atoms with van der Waals surface area (Å²) < 4.78 is 15.8. The van der Waals surface area contributed by atoms with Gasteiger partial charge in [-0.3, -0.25) is 0 Å². The maximum absolute atomic E-state index is 9.98. The molecular formula is C18H24N2O4. The fraction of sp³-hybridized carbons (Fsp3) is 0.500. The zero-order chi connectivity index (χ0) is 17.2. The third kappa shape index (κ3) is 3.77. The lowest BCUT2D eigenvalue weighted by atomic mass is 9.90. The zero-order valence-corrected chi connectivity index (χ0v) is 14.3. The van der Waals surface area contributed by atoms with Gasteiger partial charge in [-0.05, 0) is 31.5 Å². The number of ether oxygens (including phenoxy) is 2. The van der Waals surface area contributed by atoms with E-state index in [9.17, 15) is 5.11 Å². The lowest BCUT2D eigenvalue weighted by Gasteiger charge is -2.42. The SMILES string of the molecule is COc1ccc(CNC2(Cc3cc(C(C)(C)O)on3)COC2)cc1. The van der Waals surface area contributed by atoms with Crippen molar-refractivity contribution in [1.82, 2.24) is 10.5 Å². The van der Waals surface area contributed by atoms with Crippen LogP contribution in [0.5, 0.6) is 5.75 Å². The summed E-state index contributed by atoms with van der Waals surface area (Å²) in [5, 5.41) is 17.6. The van der Waals surface area contributed by atoms with E-state index in [4.69, 9.17) is 14.0 Å². The van der Waals surface area contributed by atoms with Crippen LogP contribution in [-0.2, 0) is 23.3 Å². The predicted molar refractivity (Wildman–Crippen MR) is 88.8 cm³/mol. The second-order valence-corrected chi connectivity index (χ2v) is 6.89. The molecule has 2 heterocycles. The summed E-state index contributed by atoms with van der Waals surface area (Å²) in [7, 11) is 1.66. The van der Waals surface area contributed by atoms with Gasteiger partial charge in [0, 0.05) is 19.0 Å². The maximum atomic E-state index is 9.98. The smallest absolute Gasteiger partial charge is 0.167 e. The van der Waals surface area contributed by atoms with Crippen molar-refractivity contribution in [2.24, 2.45) is 0 Å². The van der Waals surface area contributed by atoms with E-state index in [0.717, 1.165) is 18.0 Å². The van der Waals surface area contributed by atoms with Crippen LogP contribution >= 0.6 is 0 Å². The summed E-state index contributed by atoms with van der Waals surface area (Å²) in [5.41, 5.74) is 0.829. The van der Waals surface area contributed by atoms with Crippen molar-refractivity contribution < 1.29 is 19.1 Å². The van der Waals surface area contributed by atoms with E-state index in [1.54, 1.807) is 21.0 Å². The van der Waals surface area contributed by atoms with Crippen LogP contribution < -0.4 is 10.1 Å². The molecule has 0 aliphatic carbocycles. The van der Waals surface area contributed by atoms with Crippen LogP contribution in [0.4, 0.5) is 0 Å². The van der Waals surface area contributed by atoms with Crippen LogP contribution in [0.3, 0.4) is 0 Å². The summed E-state index contributed by atoms with van der Waals surface area (Å²) in [6.07, 6.45) is 0.697. The van der Waals surface area contributed by atoms with Crippen molar-refractivity contribution in [1.29, 1.82) is 0 Å². The molecule has 2 N–H and O–H groups in total. The molecule has 0 atom stereocenters. The van der Waals surface area contributed by atoms with E-state index in [1.165, 1.54) is 5.56 Å². The number of aromatic nitrogens is 1. The van der Waals surface area contributed by atoms with Gasteiger partial charge in [0.1, 0.15) is 11.4 Å². The van der Waals surface area contributed by atoms with Gasteiger partial charge in [0.15, 0.2) is 5.76 Å². The Morgan fingerprint density at radius 3 is 2.50 bits per heavy atom. The molecule has 6 heteroatoms. The second kappa shape index (κ2) is 6.55. The molecule has 130 valence electrons. The Morgan fingerprint density at radius 2 is 2.00 bits per heavy atom. The molecule has 1 fully saturated rings. The number of aliphatic hydroxyl groups is 1. The van der Waals surface area contributed by atoms with Crippen LogP contribution in [0.1, 0.15) is 30.9 Å². The number of nitrogens with one attached hydrogen (secondary N) is 1. The normalized spacial score (nSPS) is 16.7. The average Bonchev–Trinajstić information content (AvgIpc) is 2.99. The number of hydrogen-bond donors (Lipinski definition) is 2. The summed E-state index contributed by atoms with van der Waals surface area (Å²) >= 11 is 0. The first kappa shape index (κ1) is 17.0. The van der Waals surface area contributed by atoms with E-state index in [1.807, 2.05) is 30.3 Å². The van der Waals surface area contributed by atoms with Crippen molar-refractivity contribution in [2.45, 2.75) is 38.0 Å². The van der Waals surface area contributed by atoms with E-state index in [-0.39, 0.29) is 5.54 Å². The Morgan fingerprint density at radius 1 is 1.29 bits per heavy atom. The molecule has 0 spiro atoms. The second-order valence-electron chi connectivity index (χ2n) is 6.89. The van der Waals surface area contributed by atoms with Crippen LogP contribution in [0.2, 0.25) is 0 Å². The van der Waals surface area contributed by atoms with Gasteiger partial charge in [0.2, 0.25) is 0 Å². The fourth-order valence-electron chi connectivity index (χ4n) is 2.68. The highest BCUT2D eigenvalue weighted by atomic mass is 16.5. The van der Waals surface area contributed by atoms with Gasteiger partial charge >= 0.3 is 0 Å². The number of methoxy groups -OCH3 is 1. The number of nitrogens with zero attached hydrogens (tertiary/aromatic N) is 1. The molecule has 0 saturated carbocycles. The molecule has 24 heavy (non-hydrogen) atoms. The van der Waals surface area contributed by atoms with Gasteiger partial charge in [-0.25, -0.2) is 0 Å². The van der Waals surface area contributed by atoms with Crippen molar-refractivity contribution in [2.75, 3.05) is 20.3 Å². The monoisotopic (exact) mass is 332 g/mol. The van der Waals surface area contributed by atoms with Crippen LogP contribution in [0.25, 0.3) is 0 Å². The minimum atomic E-state index is -1.02. The van der Waals surface area contributed by atoms with Crippen LogP contribution in [-0.4, -0.2) is 36.1 Å².